The molecule has 0 unspecified atom stereocenters. The van der Waals surface area contributed by atoms with E-state index in [0.717, 1.165) is 60.7 Å². The first-order valence-corrected chi connectivity index (χ1v) is 15.7. The lowest BCUT2D eigenvalue weighted by atomic mass is 9.96. The van der Waals surface area contributed by atoms with Crippen LogP contribution >= 0.6 is 0 Å². The van der Waals surface area contributed by atoms with Gasteiger partial charge in [-0.25, -0.2) is 15.0 Å². The Labute approximate surface area is 271 Å². The van der Waals surface area contributed by atoms with Crippen LogP contribution in [0.1, 0.15) is 0 Å². The second-order valence-electron chi connectivity index (χ2n) is 11.7. The third-order valence-electron chi connectivity index (χ3n) is 8.74. The quantitative estimate of drug-likeness (QED) is 0.197. The maximum atomic E-state index is 6.33. The van der Waals surface area contributed by atoms with E-state index in [1.807, 2.05) is 30.3 Å². The minimum Gasteiger partial charge on any atom is -0.456 e. The number of furan rings is 1. The molecular formula is C43H27N3O. The van der Waals surface area contributed by atoms with Crippen molar-refractivity contribution in [2.75, 3.05) is 0 Å². The molecule has 0 saturated heterocycles. The van der Waals surface area contributed by atoms with E-state index in [0.29, 0.717) is 17.5 Å². The van der Waals surface area contributed by atoms with Crippen LogP contribution in [0.3, 0.4) is 0 Å². The highest BCUT2D eigenvalue weighted by atomic mass is 16.3. The Hall–Kier alpha value is -6.39. The van der Waals surface area contributed by atoms with Gasteiger partial charge in [0.15, 0.2) is 17.5 Å². The fourth-order valence-corrected chi connectivity index (χ4v) is 6.34. The topological polar surface area (TPSA) is 51.8 Å². The molecule has 0 aliphatic carbocycles. The summed E-state index contributed by atoms with van der Waals surface area (Å²) in [5.41, 5.74) is 8.82. The summed E-state index contributed by atoms with van der Waals surface area (Å²) in [6.45, 7) is 0. The van der Waals surface area contributed by atoms with Crippen LogP contribution in [0.15, 0.2) is 168 Å². The van der Waals surface area contributed by atoms with Gasteiger partial charge in [0.25, 0.3) is 0 Å². The third-order valence-corrected chi connectivity index (χ3v) is 8.74. The zero-order valence-electron chi connectivity index (χ0n) is 25.3. The van der Waals surface area contributed by atoms with E-state index in [1.165, 1.54) is 10.9 Å². The summed E-state index contributed by atoms with van der Waals surface area (Å²) in [7, 11) is 0. The van der Waals surface area contributed by atoms with Crippen molar-refractivity contribution in [1.82, 2.24) is 15.0 Å². The number of hydrogen-bond acceptors (Lipinski definition) is 4. The van der Waals surface area contributed by atoms with Gasteiger partial charge < -0.3 is 4.42 Å². The molecule has 4 heteroatoms. The molecule has 2 aromatic heterocycles. The molecule has 2 heterocycles. The van der Waals surface area contributed by atoms with Crippen molar-refractivity contribution in [2.24, 2.45) is 0 Å². The summed E-state index contributed by atoms with van der Waals surface area (Å²) < 4.78 is 6.33. The van der Waals surface area contributed by atoms with Gasteiger partial charge in [0.2, 0.25) is 0 Å². The number of rotatable bonds is 5. The smallest absolute Gasteiger partial charge is 0.164 e. The van der Waals surface area contributed by atoms with Crippen LogP contribution in [0.2, 0.25) is 0 Å². The van der Waals surface area contributed by atoms with Crippen molar-refractivity contribution in [3.63, 3.8) is 0 Å². The molecule has 0 amide bonds. The molecule has 0 N–H and O–H groups in total. The first kappa shape index (κ1) is 27.0. The number of aromatic nitrogens is 3. The van der Waals surface area contributed by atoms with Crippen LogP contribution < -0.4 is 0 Å². The predicted molar refractivity (Wildman–Crippen MR) is 192 cm³/mol. The largest absolute Gasteiger partial charge is 0.456 e. The van der Waals surface area contributed by atoms with Crippen molar-refractivity contribution < 1.29 is 4.42 Å². The van der Waals surface area contributed by atoms with Crippen molar-refractivity contribution in [3.8, 4) is 56.4 Å². The van der Waals surface area contributed by atoms with Crippen molar-refractivity contribution in [1.29, 1.82) is 0 Å². The van der Waals surface area contributed by atoms with E-state index in [9.17, 15) is 0 Å². The Kier molecular flexibility index (Phi) is 6.43. The average Bonchev–Trinajstić information content (AvgIpc) is 3.52. The van der Waals surface area contributed by atoms with E-state index >= 15 is 0 Å². The molecule has 7 aromatic carbocycles. The fourth-order valence-electron chi connectivity index (χ4n) is 6.34. The molecule has 47 heavy (non-hydrogen) atoms. The average molecular weight is 602 g/mol. The van der Waals surface area contributed by atoms with Gasteiger partial charge in [0, 0.05) is 27.5 Å². The van der Waals surface area contributed by atoms with Gasteiger partial charge in [-0.05, 0) is 57.3 Å². The monoisotopic (exact) mass is 601 g/mol. The molecule has 9 rings (SSSR count). The minimum atomic E-state index is 0.608. The van der Waals surface area contributed by atoms with Gasteiger partial charge in [0.05, 0.1) is 0 Å². The summed E-state index contributed by atoms with van der Waals surface area (Å²) in [6, 6.07) is 56.4. The molecule has 0 bridgehead atoms. The highest BCUT2D eigenvalue weighted by Gasteiger charge is 2.19. The van der Waals surface area contributed by atoms with Gasteiger partial charge in [-0.2, -0.15) is 0 Å². The Morgan fingerprint density at radius 3 is 1.68 bits per heavy atom. The fraction of sp³-hybridized carbons (Fsp3) is 0. The Morgan fingerprint density at radius 2 is 0.894 bits per heavy atom. The zero-order valence-corrected chi connectivity index (χ0v) is 25.3. The number of para-hydroxylation sites is 1. The second-order valence-corrected chi connectivity index (χ2v) is 11.7. The first-order chi connectivity index (χ1) is 23.3. The van der Waals surface area contributed by atoms with E-state index in [1.54, 1.807) is 0 Å². The van der Waals surface area contributed by atoms with Crippen LogP contribution in [0.4, 0.5) is 0 Å². The Bertz CT molecular complexity index is 2550. The molecule has 0 saturated carbocycles. The van der Waals surface area contributed by atoms with Gasteiger partial charge in [-0.15, -0.1) is 0 Å². The molecule has 0 aliphatic rings. The van der Waals surface area contributed by atoms with E-state index in [4.69, 9.17) is 19.4 Å². The molecule has 4 nitrogen and oxygen atoms in total. The highest BCUT2D eigenvalue weighted by Crippen LogP contribution is 2.39. The molecule has 220 valence electrons. The molecule has 0 aliphatic heterocycles. The van der Waals surface area contributed by atoms with Gasteiger partial charge in [0.1, 0.15) is 11.2 Å². The Balaban J connectivity index is 1.29. The van der Waals surface area contributed by atoms with E-state index in [-0.39, 0.29) is 0 Å². The van der Waals surface area contributed by atoms with E-state index < -0.39 is 0 Å². The van der Waals surface area contributed by atoms with Gasteiger partial charge in [-0.1, -0.05) is 140 Å². The standard InChI is InChI=1S/C43H27N3O/c1-3-11-28(12-4-1)30-19-22-32(23-20-30)41-44-42(34-24-21-29-13-7-8-16-33(29)25-34)46-43(45-41)38-26-37-35-17-9-10-18-39(35)47-40(37)27-36(38)31-14-5-2-6-15-31/h1-27H. The summed E-state index contributed by atoms with van der Waals surface area (Å²) in [6.07, 6.45) is 0. The van der Waals surface area contributed by atoms with Gasteiger partial charge in [-0.3, -0.25) is 0 Å². The van der Waals surface area contributed by atoms with Crippen molar-refractivity contribution in [3.05, 3.63) is 164 Å². The molecule has 0 atom stereocenters. The molecule has 0 spiro atoms. The lowest BCUT2D eigenvalue weighted by Crippen LogP contribution is -2.01. The maximum Gasteiger partial charge on any atom is 0.164 e. The van der Waals surface area contributed by atoms with Crippen LogP contribution in [0.25, 0.3) is 89.1 Å². The first-order valence-electron chi connectivity index (χ1n) is 15.7. The van der Waals surface area contributed by atoms with E-state index in [2.05, 4.69) is 133 Å². The molecule has 0 fully saturated rings. The lowest BCUT2D eigenvalue weighted by Gasteiger charge is -2.13. The minimum absolute atomic E-state index is 0.608. The van der Waals surface area contributed by atoms with Gasteiger partial charge >= 0.3 is 0 Å². The second kappa shape index (κ2) is 11.2. The highest BCUT2D eigenvalue weighted by molar-refractivity contribution is 6.08. The molecular weight excluding hydrogens is 574 g/mol. The SMILES string of the molecule is c1ccc(-c2ccc(-c3nc(-c4ccc5ccccc5c4)nc(-c4cc5c(cc4-c4ccccc4)oc4ccccc45)n3)cc2)cc1. The summed E-state index contributed by atoms with van der Waals surface area (Å²) in [4.78, 5) is 15.4. The van der Waals surface area contributed by atoms with Crippen LogP contribution in [-0.2, 0) is 0 Å². The van der Waals surface area contributed by atoms with Crippen LogP contribution in [0, 0.1) is 0 Å². The van der Waals surface area contributed by atoms with Crippen LogP contribution in [-0.4, -0.2) is 15.0 Å². The third kappa shape index (κ3) is 4.93. The number of nitrogens with zero attached hydrogens (tertiary/aromatic N) is 3. The molecule has 9 aromatic rings. The van der Waals surface area contributed by atoms with Crippen LogP contribution in [0.5, 0.6) is 0 Å². The maximum absolute atomic E-state index is 6.33. The lowest BCUT2D eigenvalue weighted by molar-refractivity contribution is 0.669. The van der Waals surface area contributed by atoms with Crippen molar-refractivity contribution in [2.45, 2.75) is 0 Å². The molecule has 0 radical (unpaired) electrons. The number of hydrogen-bond donors (Lipinski definition) is 0. The number of fused-ring (bicyclic) bond motifs is 4. The van der Waals surface area contributed by atoms with Crippen molar-refractivity contribution >= 4 is 32.7 Å². The number of benzene rings is 7. The zero-order chi connectivity index (χ0) is 31.2. The summed E-state index contributed by atoms with van der Waals surface area (Å²) >= 11 is 0. The Morgan fingerprint density at radius 1 is 0.319 bits per heavy atom. The summed E-state index contributed by atoms with van der Waals surface area (Å²) in [5, 5.41) is 4.39. The normalized spacial score (nSPS) is 11.4. The predicted octanol–water partition coefficient (Wildman–Crippen LogP) is 11.3. The summed E-state index contributed by atoms with van der Waals surface area (Å²) in [5.74, 6) is 1.85.